The lowest BCUT2D eigenvalue weighted by molar-refractivity contribution is -0.121. The molecule has 1 heterocycles. The summed E-state index contributed by atoms with van der Waals surface area (Å²) in [5.74, 6) is 0.138. The first-order valence-corrected chi connectivity index (χ1v) is 8.13. The fraction of sp³-hybridized carbons (Fsp3) is 0.333. The maximum Gasteiger partial charge on any atom is 0.322 e. The van der Waals surface area contributed by atoms with E-state index in [2.05, 4.69) is 36.9 Å². The van der Waals surface area contributed by atoms with Crippen LogP contribution in [0.3, 0.4) is 0 Å². The second kappa shape index (κ2) is 8.44. The summed E-state index contributed by atoms with van der Waals surface area (Å²) in [4.78, 5) is 24.8. The van der Waals surface area contributed by atoms with Crippen molar-refractivity contribution in [2.45, 2.75) is 13.0 Å². The number of nitrogens with one attached hydrogen (secondary N) is 2. The molecule has 1 aromatic heterocycles. The average Bonchev–Trinajstić information content (AvgIpc) is 2.96. The molecule has 0 unspecified atom stereocenters. The van der Waals surface area contributed by atoms with Gasteiger partial charge < -0.3 is 10.2 Å². The number of hydrogen-bond donors (Lipinski definition) is 2. The standard InChI is InChI=1S/C15H19BrN6O2/c1-21(2)15(24)18-13-9-22(20-19-13)10-14(23)17-8-7-11-3-5-12(16)6-4-11/h3-6,9H,7-8,10H2,1-2H3,(H,17,23)(H,18,24). The van der Waals surface area contributed by atoms with Gasteiger partial charge in [0.2, 0.25) is 5.91 Å². The molecule has 0 atom stereocenters. The molecule has 0 saturated heterocycles. The molecule has 0 aliphatic heterocycles. The fourth-order valence-electron chi connectivity index (χ4n) is 1.85. The van der Waals surface area contributed by atoms with Crippen molar-refractivity contribution in [2.24, 2.45) is 0 Å². The molecule has 3 amide bonds. The molecule has 2 rings (SSSR count). The third kappa shape index (κ3) is 5.65. The number of anilines is 1. The van der Waals surface area contributed by atoms with Gasteiger partial charge in [-0.05, 0) is 24.1 Å². The monoisotopic (exact) mass is 394 g/mol. The van der Waals surface area contributed by atoms with Crippen molar-refractivity contribution >= 4 is 33.7 Å². The molecule has 0 bridgehead atoms. The lowest BCUT2D eigenvalue weighted by Crippen LogP contribution is -2.29. The number of halogens is 1. The SMILES string of the molecule is CN(C)C(=O)Nc1cn(CC(=O)NCCc2ccc(Br)cc2)nn1. The van der Waals surface area contributed by atoms with Crippen molar-refractivity contribution in [1.29, 1.82) is 0 Å². The van der Waals surface area contributed by atoms with Gasteiger partial charge in [-0.3, -0.25) is 10.1 Å². The second-order valence-corrected chi connectivity index (χ2v) is 6.27. The van der Waals surface area contributed by atoms with Crippen LogP contribution in [-0.2, 0) is 17.8 Å². The van der Waals surface area contributed by atoms with Crippen molar-refractivity contribution in [1.82, 2.24) is 25.2 Å². The molecule has 1 aromatic carbocycles. The van der Waals surface area contributed by atoms with Crippen LogP contribution in [0.2, 0.25) is 0 Å². The molecular weight excluding hydrogens is 376 g/mol. The Bertz CT molecular complexity index is 698. The minimum atomic E-state index is -0.305. The molecule has 2 aromatic rings. The number of amides is 3. The Balaban J connectivity index is 1.75. The van der Waals surface area contributed by atoms with E-state index < -0.39 is 0 Å². The number of hydrogen-bond acceptors (Lipinski definition) is 4. The number of benzene rings is 1. The van der Waals surface area contributed by atoms with E-state index in [0.717, 1.165) is 16.5 Å². The summed E-state index contributed by atoms with van der Waals surface area (Å²) in [6, 6.07) is 7.65. The van der Waals surface area contributed by atoms with E-state index in [4.69, 9.17) is 0 Å². The number of carbonyl (C=O) groups excluding carboxylic acids is 2. The smallest absolute Gasteiger partial charge is 0.322 e. The summed E-state index contributed by atoms with van der Waals surface area (Å²) in [6.45, 7) is 0.588. The van der Waals surface area contributed by atoms with Crippen LogP contribution < -0.4 is 10.6 Å². The van der Waals surface area contributed by atoms with Gasteiger partial charge in [-0.2, -0.15) is 0 Å². The molecule has 0 fully saturated rings. The van der Waals surface area contributed by atoms with Gasteiger partial charge in [0.05, 0.1) is 6.20 Å². The predicted octanol–water partition coefficient (Wildman–Crippen LogP) is 1.49. The summed E-state index contributed by atoms with van der Waals surface area (Å²) in [6.07, 6.45) is 2.26. The molecule has 2 N–H and O–H groups in total. The van der Waals surface area contributed by atoms with Crippen LogP contribution in [0, 0.1) is 0 Å². The van der Waals surface area contributed by atoms with Gasteiger partial charge in [0, 0.05) is 25.1 Å². The molecule has 128 valence electrons. The predicted molar refractivity (Wildman–Crippen MR) is 93.6 cm³/mol. The van der Waals surface area contributed by atoms with Crippen LogP contribution >= 0.6 is 15.9 Å². The molecule has 9 heteroatoms. The zero-order valence-corrected chi connectivity index (χ0v) is 15.1. The van der Waals surface area contributed by atoms with Gasteiger partial charge >= 0.3 is 6.03 Å². The van der Waals surface area contributed by atoms with Crippen molar-refractivity contribution in [3.8, 4) is 0 Å². The first-order valence-electron chi connectivity index (χ1n) is 7.33. The van der Waals surface area contributed by atoms with E-state index in [1.807, 2.05) is 24.3 Å². The molecule has 0 aliphatic carbocycles. The van der Waals surface area contributed by atoms with E-state index in [9.17, 15) is 9.59 Å². The Morgan fingerprint density at radius 1 is 1.25 bits per heavy atom. The highest BCUT2D eigenvalue weighted by molar-refractivity contribution is 9.10. The number of rotatable bonds is 6. The molecule has 0 saturated carbocycles. The first-order chi connectivity index (χ1) is 11.4. The molecule has 24 heavy (non-hydrogen) atoms. The van der Waals surface area contributed by atoms with E-state index in [1.54, 1.807) is 14.1 Å². The Morgan fingerprint density at radius 3 is 2.62 bits per heavy atom. The van der Waals surface area contributed by atoms with E-state index in [-0.39, 0.29) is 18.5 Å². The third-order valence-electron chi connectivity index (χ3n) is 3.13. The Kier molecular flexibility index (Phi) is 6.30. The largest absolute Gasteiger partial charge is 0.354 e. The van der Waals surface area contributed by atoms with Gasteiger partial charge in [0.15, 0.2) is 5.82 Å². The highest BCUT2D eigenvalue weighted by Gasteiger charge is 2.09. The highest BCUT2D eigenvalue weighted by atomic mass is 79.9. The van der Waals surface area contributed by atoms with Gasteiger partial charge in [-0.25, -0.2) is 9.48 Å². The molecule has 8 nitrogen and oxygen atoms in total. The lowest BCUT2D eigenvalue weighted by Gasteiger charge is -2.09. The summed E-state index contributed by atoms with van der Waals surface area (Å²) in [7, 11) is 3.25. The van der Waals surface area contributed by atoms with Crippen LogP contribution in [0.15, 0.2) is 34.9 Å². The zero-order chi connectivity index (χ0) is 17.5. The molecule has 0 aliphatic rings. The fourth-order valence-corrected chi connectivity index (χ4v) is 2.12. The van der Waals surface area contributed by atoms with E-state index in [1.165, 1.54) is 15.8 Å². The summed E-state index contributed by atoms with van der Waals surface area (Å²) < 4.78 is 2.40. The average molecular weight is 395 g/mol. The van der Waals surface area contributed by atoms with Crippen molar-refractivity contribution < 1.29 is 9.59 Å². The van der Waals surface area contributed by atoms with E-state index in [0.29, 0.717) is 12.4 Å². The lowest BCUT2D eigenvalue weighted by atomic mass is 10.1. The normalized spacial score (nSPS) is 10.3. The number of urea groups is 1. The summed E-state index contributed by atoms with van der Waals surface area (Å²) in [5.41, 5.74) is 1.15. The Labute approximate surface area is 148 Å². The van der Waals surface area contributed by atoms with E-state index >= 15 is 0 Å². The van der Waals surface area contributed by atoms with Crippen molar-refractivity contribution in [3.05, 3.63) is 40.5 Å². The summed E-state index contributed by atoms with van der Waals surface area (Å²) in [5, 5.41) is 13.0. The second-order valence-electron chi connectivity index (χ2n) is 5.35. The Morgan fingerprint density at radius 2 is 1.96 bits per heavy atom. The Hall–Kier alpha value is -2.42. The number of aromatic nitrogens is 3. The maximum absolute atomic E-state index is 11.9. The van der Waals surface area contributed by atoms with Crippen LogP contribution in [0.4, 0.5) is 10.6 Å². The molecule has 0 spiro atoms. The molecular formula is C15H19BrN6O2. The van der Waals surface area contributed by atoms with Crippen LogP contribution in [0.1, 0.15) is 5.56 Å². The van der Waals surface area contributed by atoms with Gasteiger partial charge in [-0.1, -0.05) is 33.3 Å². The summed E-state index contributed by atoms with van der Waals surface area (Å²) >= 11 is 3.38. The van der Waals surface area contributed by atoms with Crippen LogP contribution in [0.5, 0.6) is 0 Å². The topological polar surface area (TPSA) is 92.2 Å². The highest BCUT2D eigenvalue weighted by Crippen LogP contribution is 2.10. The zero-order valence-electron chi connectivity index (χ0n) is 13.5. The number of carbonyl (C=O) groups is 2. The van der Waals surface area contributed by atoms with Crippen molar-refractivity contribution in [2.75, 3.05) is 26.0 Å². The maximum atomic E-state index is 11.9. The van der Waals surface area contributed by atoms with Crippen LogP contribution in [0.25, 0.3) is 0 Å². The van der Waals surface area contributed by atoms with Gasteiger partial charge in [-0.15, -0.1) is 5.10 Å². The first kappa shape index (κ1) is 17.9. The van der Waals surface area contributed by atoms with Gasteiger partial charge in [0.25, 0.3) is 0 Å². The van der Waals surface area contributed by atoms with Crippen molar-refractivity contribution in [3.63, 3.8) is 0 Å². The van der Waals surface area contributed by atoms with Crippen LogP contribution in [-0.4, -0.2) is 52.5 Å². The third-order valence-corrected chi connectivity index (χ3v) is 3.66. The molecule has 0 radical (unpaired) electrons. The minimum absolute atomic E-state index is 0.0468. The van der Waals surface area contributed by atoms with Gasteiger partial charge in [0.1, 0.15) is 6.54 Å². The number of nitrogens with zero attached hydrogens (tertiary/aromatic N) is 4. The minimum Gasteiger partial charge on any atom is -0.354 e. The quantitative estimate of drug-likeness (QED) is 0.776.